The van der Waals surface area contributed by atoms with E-state index in [0.717, 1.165) is 0 Å². The van der Waals surface area contributed by atoms with E-state index in [2.05, 4.69) is 12.2 Å². The average Bonchev–Trinajstić information content (AvgIpc) is 2.21. The lowest BCUT2D eigenvalue weighted by atomic mass is 9.61. The zero-order valence-electron chi connectivity index (χ0n) is 12.0. The molecule has 6 heteroatoms. The van der Waals surface area contributed by atoms with Gasteiger partial charge in [0.1, 0.15) is 0 Å². The predicted octanol–water partition coefficient (Wildman–Crippen LogP) is 0.672. The van der Waals surface area contributed by atoms with Crippen LogP contribution < -0.4 is 11.1 Å². The first-order chi connectivity index (χ1) is 8.69. The van der Waals surface area contributed by atoms with Crippen molar-refractivity contribution in [2.75, 3.05) is 13.6 Å². The maximum Gasteiger partial charge on any atom is 0.239 e. The number of nitrogens with two attached hydrogens (primary N) is 1. The van der Waals surface area contributed by atoms with Gasteiger partial charge in [-0.1, -0.05) is 19.1 Å². The molecule has 0 saturated heterocycles. The van der Waals surface area contributed by atoms with Gasteiger partial charge in [0.25, 0.3) is 0 Å². The van der Waals surface area contributed by atoms with Crippen LogP contribution >= 0.6 is 12.2 Å². The van der Waals surface area contributed by atoms with Gasteiger partial charge in [-0.3, -0.25) is 9.59 Å². The van der Waals surface area contributed by atoms with Crippen LogP contribution in [-0.4, -0.2) is 41.3 Å². The molecule has 0 radical (unpaired) electrons. The molecule has 2 amide bonds. The molecule has 1 aliphatic carbocycles. The van der Waals surface area contributed by atoms with Gasteiger partial charge in [-0.25, -0.2) is 0 Å². The maximum absolute atomic E-state index is 12.4. The Morgan fingerprint density at radius 1 is 1.47 bits per heavy atom. The van der Waals surface area contributed by atoms with Crippen LogP contribution in [0, 0.1) is 11.3 Å². The zero-order chi connectivity index (χ0) is 14.8. The molecular formula is C13H23N3O2S. The molecule has 0 aromatic carbocycles. The standard InChI is InChI=1S/C13H23N3O2S/c1-8(2)15-10(17)7-16(4)12(18)13(11(14)19)5-9(3)6-13/h8-9H,5-7H2,1-4H3,(H2,14,19)(H,15,17). The lowest BCUT2D eigenvalue weighted by Crippen LogP contribution is -2.57. The Morgan fingerprint density at radius 3 is 2.37 bits per heavy atom. The van der Waals surface area contributed by atoms with Crippen molar-refractivity contribution in [1.29, 1.82) is 0 Å². The number of nitrogens with zero attached hydrogens (tertiary/aromatic N) is 1. The first kappa shape index (κ1) is 15.9. The molecule has 1 aliphatic rings. The van der Waals surface area contributed by atoms with E-state index in [9.17, 15) is 9.59 Å². The summed E-state index contributed by atoms with van der Waals surface area (Å²) in [4.78, 5) is 25.8. The number of rotatable bonds is 5. The second kappa shape index (κ2) is 5.86. The lowest BCUT2D eigenvalue weighted by molar-refractivity contribution is -0.145. The van der Waals surface area contributed by atoms with E-state index in [0.29, 0.717) is 18.8 Å². The lowest BCUT2D eigenvalue weighted by Gasteiger charge is -2.45. The van der Waals surface area contributed by atoms with E-state index in [-0.39, 0.29) is 29.4 Å². The molecule has 1 saturated carbocycles. The van der Waals surface area contributed by atoms with Crippen molar-refractivity contribution in [1.82, 2.24) is 10.2 Å². The number of likely N-dealkylation sites (N-methyl/N-ethyl adjacent to an activating group) is 1. The Bertz CT molecular complexity index is 389. The van der Waals surface area contributed by atoms with Crippen LogP contribution in [0.25, 0.3) is 0 Å². The Labute approximate surface area is 119 Å². The zero-order valence-corrected chi connectivity index (χ0v) is 12.8. The number of amides is 2. The van der Waals surface area contributed by atoms with Crippen LogP contribution in [0.5, 0.6) is 0 Å². The van der Waals surface area contributed by atoms with Crippen molar-refractivity contribution in [2.24, 2.45) is 17.1 Å². The Morgan fingerprint density at radius 2 is 2.00 bits per heavy atom. The Hall–Kier alpha value is -1.17. The van der Waals surface area contributed by atoms with Gasteiger partial charge in [-0.2, -0.15) is 0 Å². The normalized spacial score (nSPS) is 25.6. The number of thiocarbonyl (C=S) groups is 1. The van der Waals surface area contributed by atoms with Gasteiger partial charge >= 0.3 is 0 Å². The summed E-state index contributed by atoms with van der Waals surface area (Å²) in [5.74, 6) is 0.136. The van der Waals surface area contributed by atoms with E-state index in [1.54, 1.807) is 7.05 Å². The van der Waals surface area contributed by atoms with Crippen molar-refractivity contribution < 1.29 is 9.59 Å². The van der Waals surface area contributed by atoms with Gasteiger partial charge in [0.15, 0.2) is 0 Å². The predicted molar refractivity (Wildman–Crippen MR) is 78.5 cm³/mol. The minimum Gasteiger partial charge on any atom is -0.392 e. The molecular weight excluding hydrogens is 262 g/mol. The van der Waals surface area contributed by atoms with Crippen LogP contribution in [0.2, 0.25) is 0 Å². The van der Waals surface area contributed by atoms with Gasteiger partial charge in [0.05, 0.1) is 16.9 Å². The molecule has 0 heterocycles. The van der Waals surface area contributed by atoms with Crippen LogP contribution in [0.1, 0.15) is 33.6 Å². The molecule has 0 aromatic heterocycles. The monoisotopic (exact) mass is 285 g/mol. The topological polar surface area (TPSA) is 75.4 Å². The molecule has 1 fully saturated rings. The van der Waals surface area contributed by atoms with Gasteiger partial charge in [-0.15, -0.1) is 0 Å². The largest absolute Gasteiger partial charge is 0.392 e. The summed E-state index contributed by atoms with van der Waals surface area (Å²) in [7, 11) is 1.62. The summed E-state index contributed by atoms with van der Waals surface area (Å²) in [6, 6.07) is 0.0595. The summed E-state index contributed by atoms with van der Waals surface area (Å²) in [6.07, 6.45) is 1.36. The number of hydrogen-bond donors (Lipinski definition) is 2. The van der Waals surface area contributed by atoms with Crippen molar-refractivity contribution in [3.05, 3.63) is 0 Å². The second-order valence-corrected chi connectivity index (χ2v) is 6.28. The van der Waals surface area contributed by atoms with Crippen molar-refractivity contribution in [2.45, 2.75) is 39.7 Å². The molecule has 0 unspecified atom stereocenters. The molecule has 0 spiro atoms. The summed E-state index contributed by atoms with van der Waals surface area (Å²) in [6.45, 7) is 5.86. The third kappa shape index (κ3) is 3.43. The molecule has 5 nitrogen and oxygen atoms in total. The van der Waals surface area contributed by atoms with E-state index in [4.69, 9.17) is 18.0 Å². The van der Waals surface area contributed by atoms with E-state index in [1.165, 1.54) is 4.90 Å². The number of nitrogens with one attached hydrogen (secondary N) is 1. The number of carbonyl (C=O) groups excluding carboxylic acids is 2. The third-order valence-electron chi connectivity index (χ3n) is 3.45. The fraction of sp³-hybridized carbons (Fsp3) is 0.769. The van der Waals surface area contributed by atoms with Gasteiger partial charge < -0.3 is 16.0 Å². The second-order valence-electron chi connectivity index (χ2n) is 5.84. The van der Waals surface area contributed by atoms with Crippen LogP contribution in [-0.2, 0) is 9.59 Å². The van der Waals surface area contributed by atoms with Gasteiger partial charge in [-0.05, 0) is 32.6 Å². The quantitative estimate of drug-likeness (QED) is 0.728. The minimum atomic E-state index is -0.735. The molecule has 0 bridgehead atoms. The highest BCUT2D eigenvalue weighted by Crippen LogP contribution is 2.46. The third-order valence-corrected chi connectivity index (χ3v) is 3.84. The van der Waals surface area contributed by atoms with Crippen molar-refractivity contribution in [3.63, 3.8) is 0 Å². The van der Waals surface area contributed by atoms with Gasteiger partial charge in [0.2, 0.25) is 11.8 Å². The van der Waals surface area contributed by atoms with Gasteiger partial charge in [0, 0.05) is 13.1 Å². The van der Waals surface area contributed by atoms with Crippen molar-refractivity contribution >= 4 is 29.0 Å². The Balaban J connectivity index is 2.66. The SMILES string of the molecule is CC1CC(C(=O)N(C)CC(=O)NC(C)C)(C(N)=S)C1. The first-order valence-corrected chi connectivity index (χ1v) is 6.94. The first-order valence-electron chi connectivity index (χ1n) is 6.54. The highest BCUT2D eigenvalue weighted by atomic mass is 32.1. The smallest absolute Gasteiger partial charge is 0.239 e. The van der Waals surface area contributed by atoms with Crippen LogP contribution in [0.15, 0.2) is 0 Å². The highest BCUT2D eigenvalue weighted by Gasteiger charge is 2.52. The van der Waals surface area contributed by atoms with Crippen LogP contribution in [0.4, 0.5) is 0 Å². The summed E-state index contributed by atoms with van der Waals surface area (Å²) < 4.78 is 0. The van der Waals surface area contributed by atoms with Crippen molar-refractivity contribution in [3.8, 4) is 0 Å². The minimum absolute atomic E-state index is 0.0375. The highest BCUT2D eigenvalue weighted by molar-refractivity contribution is 7.80. The summed E-state index contributed by atoms with van der Waals surface area (Å²) in [5, 5.41) is 2.76. The number of hydrogen-bond acceptors (Lipinski definition) is 3. The molecule has 108 valence electrons. The molecule has 3 N–H and O–H groups in total. The van der Waals surface area contributed by atoms with E-state index < -0.39 is 5.41 Å². The average molecular weight is 285 g/mol. The fourth-order valence-electron chi connectivity index (χ4n) is 2.63. The molecule has 0 atom stereocenters. The van der Waals surface area contributed by atoms with Crippen LogP contribution in [0.3, 0.4) is 0 Å². The maximum atomic E-state index is 12.4. The number of carbonyl (C=O) groups is 2. The fourth-order valence-corrected chi connectivity index (χ4v) is 2.89. The molecule has 1 rings (SSSR count). The Kier molecular flexibility index (Phi) is 4.90. The summed E-state index contributed by atoms with van der Waals surface area (Å²) in [5.41, 5.74) is 4.99. The molecule has 0 aliphatic heterocycles. The van der Waals surface area contributed by atoms with E-state index in [1.807, 2.05) is 13.8 Å². The summed E-state index contributed by atoms with van der Waals surface area (Å²) >= 11 is 5.04. The molecule has 0 aromatic rings. The van der Waals surface area contributed by atoms with E-state index >= 15 is 0 Å². The molecule has 19 heavy (non-hydrogen) atoms.